The van der Waals surface area contributed by atoms with E-state index < -0.39 is 5.97 Å². The number of carboxylic acids is 1. The topological polar surface area (TPSA) is 101 Å². The van der Waals surface area contributed by atoms with Crippen LogP contribution < -0.4 is 5.32 Å². The Morgan fingerprint density at radius 2 is 2.14 bits per heavy atom. The third kappa shape index (κ3) is 3.24. The van der Waals surface area contributed by atoms with Crippen LogP contribution in [0.1, 0.15) is 31.5 Å². The summed E-state index contributed by atoms with van der Waals surface area (Å²) in [6, 6.07) is 3.94. The molecule has 0 bridgehead atoms. The van der Waals surface area contributed by atoms with Crippen LogP contribution in [0.4, 0.5) is 5.82 Å². The van der Waals surface area contributed by atoms with E-state index in [4.69, 9.17) is 9.63 Å². The van der Waals surface area contributed by atoms with Crippen molar-refractivity contribution in [3.05, 3.63) is 24.2 Å². The molecule has 3 rings (SSSR count). The van der Waals surface area contributed by atoms with Crippen molar-refractivity contribution in [2.24, 2.45) is 5.92 Å². The van der Waals surface area contributed by atoms with E-state index in [1.165, 1.54) is 0 Å². The van der Waals surface area contributed by atoms with Crippen molar-refractivity contribution in [3.8, 4) is 11.5 Å². The Morgan fingerprint density at radius 1 is 1.36 bits per heavy atom. The van der Waals surface area contributed by atoms with Crippen LogP contribution in [0.3, 0.4) is 0 Å². The van der Waals surface area contributed by atoms with Crippen LogP contribution in [0, 0.1) is 12.8 Å². The number of aromatic nitrogens is 3. The lowest BCUT2D eigenvalue weighted by molar-refractivity contribution is -0.142. The van der Waals surface area contributed by atoms with Crippen LogP contribution in [0.15, 0.2) is 22.9 Å². The third-order valence-corrected chi connectivity index (χ3v) is 3.96. The van der Waals surface area contributed by atoms with Crippen molar-refractivity contribution in [3.63, 3.8) is 0 Å². The average Bonchev–Trinajstić information content (AvgIpc) is 2.95. The summed E-state index contributed by atoms with van der Waals surface area (Å²) in [4.78, 5) is 19.5. The van der Waals surface area contributed by atoms with Gasteiger partial charge in [0.25, 0.3) is 5.89 Å². The Balaban J connectivity index is 1.65. The maximum Gasteiger partial charge on any atom is 0.306 e. The first-order valence-electron chi connectivity index (χ1n) is 7.38. The normalized spacial score (nSPS) is 21.5. The molecule has 0 amide bonds. The minimum absolute atomic E-state index is 0.210. The van der Waals surface area contributed by atoms with Gasteiger partial charge in [0.1, 0.15) is 5.82 Å². The molecular formula is C15H18N4O3. The van der Waals surface area contributed by atoms with E-state index in [2.05, 4.69) is 20.4 Å². The van der Waals surface area contributed by atoms with Gasteiger partial charge in [0.2, 0.25) is 0 Å². The summed E-state index contributed by atoms with van der Waals surface area (Å²) in [7, 11) is 0. The van der Waals surface area contributed by atoms with Crippen molar-refractivity contribution < 1.29 is 14.4 Å². The summed E-state index contributed by atoms with van der Waals surface area (Å²) in [6.07, 6.45) is 4.77. The number of anilines is 1. The van der Waals surface area contributed by atoms with Crippen LogP contribution in [0.2, 0.25) is 0 Å². The molecule has 0 spiro atoms. The Bertz CT molecular complexity index is 662. The number of rotatable bonds is 4. The van der Waals surface area contributed by atoms with Crippen LogP contribution in [0.5, 0.6) is 0 Å². The Kier molecular flexibility index (Phi) is 4.04. The first kappa shape index (κ1) is 14.5. The lowest BCUT2D eigenvalue weighted by Crippen LogP contribution is -2.29. The Morgan fingerprint density at radius 3 is 2.77 bits per heavy atom. The number of aliphatic carboxylic acids is 1. The molecule has 116 valence electrons. The zero-order chi connectivity index (χ0) is 15.5. The summed E-state index contributed by atoms with van der Waals surface area (Å²) in [5, 5.41) is 16.2. The van der Waals surface area contributed by atoms with Gasteiger partial charge in [0.05, 0.1) is 5.92 Å². The third-order valence-electron chi connectivity index (χ3n) is 3.96. The van der Waals surface area contributed by atoms with Crippen molar-refractivity contribution in [1.29, 1.82) is 0 Å². The summed E-state index contributed by atoms with van der Waals surface area (Å²) in [6.45, 7) is 1.77. The zero-order valence-electron chi connectivity index (χ0n) is 12.3. The summed E-state index contributed by atoms with van der Waals surface area (Å²) in [5.74, 6) is 0.905. The molecule has 2 N–H and O–H groups in total. The first-order valence-corrected chi connectivity index (χ1v) is 7.38. The number of hydrogen-bond acceptors (Lipinski definition) is 6. The van der Waals surface area contributed by atoms with Gasteiger partial charge in [0, 0.05) is 17.8 Å². The molecule has 22 heavy (non-hydrogen) atoms. The average molecular weight is 302 g/mol. The lowest BCUT2D eigenvalue weighted by atomic mass is 9.86. The van der Waals surface area contributed by atoms with Gasteiger partial charge in [-0.05, 0) is 44.7 Å². The molecule has 1 fully saturated rings. The van der Waals surface area contributed by atoms with Gasteiger partial charge >= 0.3 is 5.97 Å². The molecule has 7 nitrogen and oxygen atoms in total. The number of nitrogens with zero attached hydrogens (tertiary/aromatic N) is 3. The minimum Gasteiger partial charge on any atom is -0.481 e. The number of nitrogens with one attached hydrogen (secondary N) is 1. The highest BCUT2D eigenvalue weighted by Crippen LogP contribution is 2.27. The van der Waals surface area contributed by atoms with Crippen LogP contribution in [-0.4, -0.2) is 32.2 Å². The Labute approximate surface area is 127 Å². The zero-order valence-corrected chi connectivity index (χ0v) is 12.3. The minimum atomic E-state index is -0.690. The quantitative estimate of drug-likeness (QED) is 0.894. The molecule has 0 aliphatic heterocycles. The molecule has 1 aliphatic carbocycles. The fourth-order valence-corrected chi connectivity index (χ4v) is 2.75. The second kappa shape index (κ2) is 6.13. The number of aryl methyl sites for hydroxylation is 1. The molecule has 2 aromatic heterocycles. The maximum absolute atomic E-state index is 11.0. The van der Waals surface area contributed by atoms with Gasteiger partial charge in [-0.2, -0.15) is 4.98 Å². The van der Waals surface area contributed by atoms with Gasteiger partial charge in [-0.3, -0.25) is 4.79 Å². The van der Waals surface area contributed by atoms with Crippen molar-refractivity contribution in [2.45, 2.75) is 38.6 Å². The highest BCUT2D eigenvalue weighted by Gasteiger charge is 2.26. The van der Waals surface area contributed by atoms with Crippen LogP contribution >= 0.6 is 0 Å². The molecule has 7 heteroatoms. The standard InChI is InChI=1S/C15H18N4O3/c1-9-17-14(22-19-9)11-6-7-16-13(8-11)18-12-4-2-10(3-5-12)15(20)21/h6-8,10,12H,2-5H2,1H3,(H,16,18)(H,20,21). The molecule has 2 heterocycles. The molecule has 1 aliphatic rings. The number of carbonyl (C=O) groups is 1. The number of hydrogen-bond donors (Lipinski definition) is 2. The molecule has 0 saturated heterocycles. The predicted octanol–water partition coefficient (Wildman–Crippen LogP) is 2.50. The van der Waals surface area contributed by atoms with Crippen molar-refractivity contribution >= 4 is 11.8 Å². The number of carboxylic acid groups (broad SMARTS) is 1. The molecular weight excluding hydrogens is 284 g/mol. The van der Waals surface area contributed by atoms with Gasteiger partial charge in [0.15, 0.2) is 5.82 Å². The van der Waals surface area contributed by atoms with Gasteiger partial charge < -0.3 is 14.9 Å². The van der Waals surface area contributed by atoms with Gasteiger partial charge in [-0.15, -0.1) is 0 Å². The van der Waals surface area contributed by atoms with Gasteiger partial charge in [-0.25, -0.2) is 4.98 Å². The van der Waals surface area contributed by atoms with Crippen LogP contribution in [0.25, 0.3) is 11.5 Å². The smallest absolute Gasteiger partial charge is 0.306 e. The monoisotopic (exact) mass is 302 g/mol. The summed E-state index contributed by atoms with van der Waals surface area (Å²) >= 11 is 0. The molecule has 0 atom stereocenters. The second-order valence-electron chi connectivity index (χ2n) is 5.61. The van der Waals surface area contributed by atoms with Gasteiger partial charge in [-0.1, -0.05) is 5.16 Å². The van der Waals surface area contributed by atoms with E-state index in [0.717, 1.165) is 24.2 Å². The van der Waals surface area contributed by atoms with E-state index in [1.54, 1.807) is 13.1 Å². The van der Waals surface area contributed by atoms with Crippen molar-refractivity contribution in [2.75, 3.05) is 5.32 Å². The highest BCUT2D eigenvalue weighted by atomic mass is 16.5. The van der Waals surface area contributed by atoms with Crippen molar-refractivity contribution in [1.82, 2.24) is 15.1 Å². The maximum atomic E-state index is 11.0. The summed E-state index contributed by atoms with van der Waals surface area (Å²) < 4.78 is 5.15. The summed E-state index contributed by atoms with van der Waals surface area (Å²) in [5.41, 5.74) is 0.817. The molecule has 0 aromatic carbocycles. The second-order valence-corrected chi connectivity index (χ2v) is 5.61. The SMILES string of the molecule is Cc1noc(-c2ccnc(NC3CCC(C(=O)O)CC3)c2)n1. The first-order chi connectivity index (χ1) is 10.6. The van der Waals surface area contributed by atoms with E-state index in [0.29, 0.717) is 24.6 Å². The molecule has 1 saturated carbocycles. The predicted molar refractivity (Wildman–Crippen MR) is 79.3 cm³/mol. The fraction of sp³-hybridized carbons (Fsp3) is 0.467. The Hall–Kier alpha value is -2.44. The number of pyridine rings is 1. The van der Waals surface area contributed by atoms with Crippen LogP contribution in [-0.2, 0) is 4.79 Å². The van der Waals surface area contributed by atoms with E-state index in [-0.39, 0.29) is 12.0 Å². The van der Waals surface area contributed by atoms with E-state index in [1.807, 2.05) is 12.1 Å². The largest absolute Gasteiger partial charge is 0.481 e. The molecule has 0 unspecified atom stereocenters. The molecule has 0 radical (unpaired) electrons. The van der Waals surface area contributed by atoms with E-state index >= 15 is 0 Å². The van der Waals surface area contributed by atoms with E-state index in [9.17, 15) is 4.79 Å². The highest BCUT2D eigenvalue weighted by molar-refractivity contribution is 5.70. The lowest BCUT2D eigenvalue weighted by Gasteiger charge is -2.27. The molecule has 2 aromatic rings. The fourth-order valence-electron chi connectivity index (χ4n) is 2.75.